The molecule has 1 atom stereocenters. The Morgan fingerprint density at radius 2 is 2.29 bits per heavy atom. The van der Waals surface area contributed by atoms with Crippen LogP contribution in [0.3, 0.4) is 0 Å². The van der Waals surface area contributed by atoms with Crippen LogP contribution < -0.4 is 5.32 Å². The molecule has 2 aromatic rings. The van der Waals surface area contributed by atoms with Crippen LogP contribution in [-0.2, 0) is 11.8 Å². The summed E-state index contributed by atoms with van der Waals surface area (Å²) < 4.78 is 6.55. The Morgan fingerprint density at radius 3 is 2.90 bits per heavy atom. The maximum Gasteiger partial charge on any atom is 0.367 e. The number of aryl methyl sites for hydroxylation is 1. The topological polar surface area (TPSA) is 99.0 Å². The second kappa shape index (κ2) is 6.44. The Morgan fingerprint density at radius 1 is 1.52 bits per heavy atom. The maximum atomic E-state index is 12.1. The van der Waals surface area contributed by atoms with E-state index in [0.717, 1.165) is 11.3 Å². The zero-order valence-electron chi connectivity index (χ0n) is 11.9. The number of carbonyl (C=O) groups is 2. The van der Waals surface area contributed by atoms with Crippen molar-refractivity contribution in [3.8, 4) is 0 Å². The van der Waals surface area contributed by atoms with Gasteiger partial charge in [-0.05, 0) is 13.8 Å². The van der Waals surface area contributed by atoms with E-state index in [0.29, 0.717) is 5.82 Å². The van der Waals surface area contributed by atoms with Gasteiger partial charge in [-0.3, -0.25) is 4.79 Å². The van der Waals surface area contributed by atoms with Crippen molar-refractivity contribution in [3.05, 3.63) is 28.2 Å². The first-order valence-corrected chi connectivity index (χ1v) is 7.18. The van der Waals surface area contributed by atoms with Gasteiger partial charge in [-0.2, -0.15) is 0 Å². The minimum Gasteiger partial charge on any atom is -0.461 e. The molecule has 0 bridgehead atoms. The number of hydrogen-bond acceptors (Lipinski definition) is 7. The Hall–Kier alpha value is -2.29. The smallest absolute Gasteiger partial charge is 0.367 e. The normalized spacial score (nSPS) is 12.0. The standard InChI is InChI=1S/C12H15N5O3S/c1-4-20-12(19)11-15-8(5-21-11)10(18)14-7(2)9-16-13-6-17(9)3/h5-7H,4H2,1-3H3,(H,14,18). The number of amides is 1. The van der Waals surface area contributed by atoms with Crippen molar-refractivity contribution in [3.63, 3.8) is 0 Å². The quantitative estimate of drug-likeness (QED) is 0.825. The summed E-state index contributed by atoms with van der Waals surface area (Å²) in [7, 11) is 1.79. The minimum atomic E-state index is -0.525. The lowest BCUT2D eigenvalue weighted by molar-refractivity contribution is 0.0526. The van der Waals surface area contributed by atoms with Gasteiger partial charge in [-0.1, -0.05) is 0 Å². The molecular formula is C12H15N5O3S. The number of hydrogen-bond donors (Lipinski definition) is 1. The molecule has 112 valence electrons. The summed E-state index contributed by atoms with van der Waals surface area (Å²) in [6.07, 6.45) is 1.56. The molecule has 1 N–H and O–H groups in total. The van der Waals surface area contributed by atoms with E-state index in [-0.39, 0.29) is 29.3 Å². The van der Waals surface area contributed by atoms with Crippen LogP contribution in [0.25, 0.3) is 0 Å². The third-order valence-electron chi connectivity index (χ3n) is 2.67. The number of aromatic nitrogens is 4. The lowest BCUT2D eigenvalue weighted by atomic mass is 10.3. The van der Waals surface area contributed by atoms with E-state index >= 15 is 0 Å². The van der Waals surface area contributed by atoms with Gasteiger partial charge < -0.3 is 14.6 Å². The van der Waals surface area contributed by atoms with E-state index < -0.39 is 5.97 Å². The first kappa shape index (κ1) is 15.1. The highest BCUT2D eigenvalue weighted by atomic mass is 32.1. The maximum absolute atomic E-state index is 12.1. The minimum absolute atomic E-state index is 0.160. The molecule has 0 aliphatic rings. The average molecular weight is 309 g/mol. The summed E-state index contributed by atoms with van der Waals surface area (Å²) in [6.45, 7) is 3.77. The average Bonchev–Trinajstić information content (AvgIpc) is 3.07. The molecule has 8 nitrogen and oxygen atoms in total. The number of rotatable bonds is 5. The molecule has 1 amide bonds. The molecule has 0 radical (unpaired) electrons. The molecule has 1 unspecified atom stereocenters. The predicted molar refractivity (Wildman–Crippen MR) is 75.0 cm³/mol. The van der Waals surface area contributed by atoms with Crippen LogP contribution in [0.5, 0.6) is 0 Å². The summed E-state index contributed by atoms with van der Waals surface area (Å²) in [5.74, 6) is -0.274. The second-order valence-electron chi connectivity index (χ2n) is 4.25. The van der Waals surface area contributed by atoms with E-state index in [9.17, 15) is 9.59 Å². The Labute approximate surface area is 125 Å². The predicted octanol–water partition coefficient (Wildman–Crippen LogP) is 0.939. The number of ether oxygens (including phenoxy) is 1. The molecule has 0 fully saturated rings. The van der Waals surface area contributed by atoms with Crippen molar-refractivity contribution in [1.29, 1.82) is 0 Å². The summed E-state index contributed by atoms with van der Waals surface area (Å²) in [5.41, 5.74) is 0.178. The van der Waals surface area contributed by atoms with Crippen molar-refractivity contribution >= 4 is 23.2 Å². The summed E-state index contributed by atoms with van der Waals surface area (Å²) in [5, 5.41) is 12.1. The fraction of sp³-hybridized carbons (Fsp3) is 0.417. The van der Waals surface area contributed by atoms with Crippen molar-refractivity contribution in [2.75, 3.05) is 6.61 Å². The summed E-state index contributed by atoms with van der Waals surface area (Å²) in [4.78, 5) is 27.6. The highest BCUT2D eigenvalue weighted by Crippen LogP contribution is 2.13. The largest absolute Gasteiger partial charge is 0.461 e. The van der Waals surface area contributed by atoms with E-state index in [1.165, 1.54) is 5.38 Å². The van der Waals surface area contributed by atoms with Gasteiger partial charge >= 0.3 is 5.97 Å². The van der Waals surface area contributed by atoms with E-state index in [2.05, 4.69) is 20.5 Å². The van der Waals surface area contributed by atoms with Crippen LogP contribution in [0.1, 0.15) is 46.0 Å². The van der Waals surface area contributed by atoms with Gasteiger partial charge in [0.2, 0.25) is 5.01 Å². The highest BCUT2D eigenvalue weighted by Gasteiger charge is 2.19. The molecule has 0 spiro atoms. The molecule has 9 heteroatoms. The van der Waals surface area contributed by atoms with Gasteiger partial charge in [-0.15, -0.1) is 21.5 Å². The van der Waals surface area contributed by atoms with Crippen molar-refractivity contribution in [2.24, 2.45) is 7.05 Å². The van der Waals surface area contributed by atoms with Crippen molar-refractivity contribution in [2.45, 2.75) is 19.9 Å². The molecule has 0 aliphatic heterocycles. The van der Waals surface area contributed by atoms with Gasteiger partial charge in [-0.25, -0.2) is 9.78 Å². The van der Waals surface area contributed by atoms with Gasteiger partial charge in [0.25, 0.3) is 5.91 Å². The summed E-state index contributed by atoms with van der Waals surface area (Å²) in [6, 6.07) is -0.322. The van der Waals surface area contributed by atoms with Crippen molar-refractivity contribution in [1.82, 2.24) is 25.1 Å². The fourth-order valence-corrected chi connectivity index (χ4v) is 2.37. The number of thiazole rings is 1. The molecule has 0 saturated carbocycles. The van der Waals surface area contributed by atoms with Crippen LogP contribution in [0, 0.1) is 0 Å². The van der Waals surface area contributed by atoms with E-state index in [1.54, 1.807) is 31.8 Å². The molecule has 21 heavy (non-hydrogen) atoms. The zero-order chi connectivity index (χ0) is 15.4. The Balaban J connectivity index is 2.04. The number of esters is 1. The van der Waals surface area contributed by atoms with Gasteiger partial charge in [0.05, 0.1) is 12.6 Å². The van der Waals surface area contributed by atoms with Gasteiger partial charge in [0.1, 0.15) is 12.0 Å². The molecule has 0 aromatic carbocycles. The third-order valence-corrected chi connectivity index (χ3v) is 3.49. The van der Waals surface area contributed by atoms with Crippen LogP contribution in [0.4, 0.5) is 0 Å². The van der Waals surface area contributed by atoms with Gasteiger partial charge in [0, 0.05) is 12.4 Å². The van der Waals surface area contributed by atoms with Gasteiger partial charge in [0.15, 0.2) is 5.82 Å². The van der Waals surface area contributed by atoms with Crippen molar-refractivity contribution < 1.29 is 14.3 Å². The first-order valence-electron chi connectivity index (χ1n) is 6.30. The molecular weight excluding hydrogens is 294 g/mol. The third kappa shape index (κ3) is 3.43. The Bertz CT molecular complexity index is 651. The van der Waals surface area contributed by atoms with E-state index in [1.807, 2.05) is 0 Å². The molecule has 0 aliphatic carbocycles. The monoisotopic (exact) mass is 309 g/mol. The zero-order valence-corrected chi connectivity index (χ0v) is 12.7. The molecule has 0 saturated heterocycles. The van der Waals surface area contributed by atoms with Crippen LogP contribution in [0.15, 0.2) is 11.7 Å². The van der Waals surface area contributed by atoms with Crippen LogP contribution >= 0.6 is 11.3 Å². The number of nitrogens with one attached hydrogen (secondary N) is 1. The van der Waals surface area contributed by atoms with Crippen LogP contribution in [-0.4, -0.2) is 38.2 Å². The second-order valence-corrected chi connectivity index (χ2v) is 5.11. The number of carbonyl (C=O) groups excluding carboxylic acids is 2. The number of nitrogens with zero attached hydrogens (tertiary/aromatic N) is 4. The van der Waals surface area contributed by atoms with E-state index in [4.69, 9.17) is 4.74 Å². The lowest BCUT2D eigenvalue weighted by Gasteiger charge is -2.11. The SMILES string of the molecule is CCOC(=O)c1nc(C(=O)NC(C)c2nncn2C)cs1. The molecule has 2 heterocycles. The molecule has 2 rings (SSSR count). The highest BCUT2D eigenvalue weighted by molar-refractivity contribution is 7.11. The Kier molecular flexibility index (Phi) is 4.63. The lowest BCUT2D eigenvalue weighted by Crippen LogP contribution is -2.28. The summed E-state index contributed by atoms with van der Waals surface area (Å²) >= 11 is 1.07. The fourth-order valence-electron chi connectivity index (χ4n) is 1.68. The van der Waals surface area contributed by atoms with Crippen LogP contribution in [0.2, 0.25) is 0 Å². The molecule has 2 aromatic heterocycles. The first-order chi connectivity index (χ1) is 10.0.